The largest absolute Gasteiger partial charge is 0.748 e. The monoisotopic (exact) mass is 363 g/mol. The maximum Gasteiger partial charge on any atom is 0.0948 e. The Bertz CT molecular complexity index is 393. The highest BCUT2D eigenvalue weighted by Gasteiger charge is 2.23. The SMILES string of the molecule is CCCCCCCCCCCCC(C)[N+](C)(C)CCCS(=O)(=O)[O-]. The summed E-state index contributed by atoms with van der Waals surface area (Å²) in [6.45, 7) is 5.24. The molecule has 1 unspecified atom stereocenters. The van der Waals surface area contributed by atoms with Gasteiger partial charge in [-0.15, -0.1) is 0 Å². The first-order valence-electron chi connectivity index (χ1n) is 9.95. The molecule has 0 saturated carbocycles. The Morgan fingerprint density at radius 3 is 1.75 bits per heavy atom. The third kappa shape index (κ3) is 14.2. The summed E-state index contributed by atoms with van der Waals surface area (Å²) in [7, 11) is 0.205. The van der Waals surface area contributed by atoms with E-state index in [-0.39, 0.29) is 5.75 Å². The van der Waals surface area contributed by atoms with Crippen LogP contribution in [0.2, 0.25) is 0 Å². The van der Waals surface area contributed by atoms with Gasteiger partial charge in [0.05, 0.1) is 36.8 Å². The van der Waals surface area contributed by atoms with E-state index in [1.807, 2.05) is 0 Å². The Hall–Kier alpha value is -0.130. The van der Waals surface area contributed by atoms with E-state index in [1.165, 1.54) is 70.6 Å². The molecule has 0 bridgehead atoms. The smallest absolute Gasteiger partial charge is 0.0948 e. The van der Waals surface area contributed by atoms with Gasteiger partial charge in [-0.3, -0.25) is 0 Å². The van der Waals surface area contributed by atoms with Crippen molar-refractivity contribution < 1.29 is 17.5 Å². The second kappa shape index (κ2) is 13.1. The molecule has 0 heterocycles. The molecule has 0 spiro atoms. The zero-order chi connectivity index (χ0) is 18.5. The molecular weight excluding hydrogens is 322 g/mol. The molecule has 0 N–H and O–H groups in total. The van der Waals surface area contributed by atoms with E-state index in [9.17, 15) is 13.0 Å². The lowest BCUT2D eigenvalue weighted by atomic mass is 10.0. The van der Waals surface area contributed by atoms with Crippen LogP contribution in [0, 0.1) is 0 Å². The summed E-state index contributed by atoms with van der Waals surface area (Å²) in [5.74, 6) is -0.236. The van der Waals surface area contributed by atoms with Crippen LogP contribution < -0.4 is 0 Å². The molecule has 0 fully saturated rings. The van der Waals surface area contributed by atoms with Gasteiger partial charge in [-0.05, 0) is 19.8 Å². The van der Waals surface area contributed by atoms with Gasteiger partial charge in [0, 0.05) is 12.2 Å². The standard InChI is InChI=1S/C19H41NO3S/c1-5-6-7-8-9-10-11-12-13-14-16-19(2)20(3,4)17-15-18-24(21,22)23/h19H,5-18H2,1-4H3. The minimum absolute atomic E-state index is 0.236. The molecule has 0 aromatic rings. The quantitative estimate of drug-likeness (QED) is 0.227. The molecule has 0 aliphatic heterocycles. The fraction of sp³-hybridized carbons (Fsp3) is 1.00. The molecule has 0 aliphatic rings. The molecule has 24 heavy (non-hydrogen) atoms. The average Bonchev–Trinajstić information content (AvgIpc) is 2.47. The highest BCUT2D eigenvalue weighted by atomic mass is 32.2. The number of quaternary nitrogens is 1. The summed E-state index contributed by atoms with van der Waals surface area (Å²) in [5.41, 5.74) is 0. The zero-order valence-corrected chi connectivity index (χ0v) is 17.4. The van der Waals surface area contributed by atoms with Crippen molar-refractivity contribution in [3.63, 3.8) is 0 Å². The van der Waals surface area contributed by atoms with Crippen LogP contribution in [-0.4, -0.2) is 49.9 Å². The number of nitrogens with zero attached hydrogens (tertiary/aromatic N) is 1. The van der Waals surface area contributed by atoms with E-state index in [0.29, 0.717) is 12.5 Å². The van der Waals surface area contributed by atoms with Gasteiger partial charge in [-0.2, -0.15) is 0 Å². The zero-order valence-electron chi connectivity index (χ0n) is 16.6. The van der Waals surface area contributed by atoms with Crippen LogP contribution in [0.15, 0.2) is 0 Å². The summed E-state index contributed by atoms with van der Waals surface area (Å²) in [5, 5.41) is 0. The normalized spacial score (nSPS) is 14.0. The first-order chi connectivity index (χ1) is 11.2. The van der Waals surface area contributed by atoms with Gasteiger partial charge in [0.25, 0.3) is 0 Å². The van der Waals surface area contributed by atoms with Crippen molar-refractivity contribution in [1.29, 1.82) is 0 Å². The molecule has 0 aliphatic carbocycles. The van der Waals surface area contributed by atoms with Gasteiger partial charge in [0.1, 0.15) is 0 Å². The van der Waals surface area contributed by atoms with Crippen molar-refractivity contribution >= 4 is 10.1 Å². The summed E-state index contributed by atoms with van der Waals surface area (Å²) in [6.07, 6.45) is 15.1. The lowest BCUT2D eigenvalue weighted by Gasteiger charge is -2.36. The van der Waals surface area contributed by atoms with Crippen molar-refractivity contribution in [2.45, 2.75) is 96.9 Å². The third-order valence-electron chi connectivity index (χ3n) is 5.30. The average molecular weight is 364 g/mol. The minimum atomic E-state index is -4.07. The Kier molecular flexibility index (Phi) is 13.1. The second-order valence-corrected chi connectivity index (χ2v) is 9.46. The van der Waals surface area contributed by atoms with E-state index in [1.54, 1.807) is 0 Å². The predicted octanol–water partition coefficient (Wildman–Crippen LogP) is 4.70. The molecule has 1 atom stereocenters. The summed E-state index contributed by atoms with van der Waals surface area (Å²) < 4.78 is 32.9. The van der Waals surface area contributed by atoms with Gasteiger partial charge in [0.2, 0.25) is 0 Å². The highest BCUT2D eigenvalue weighted by molar-refractivity contribution is 7.85. The molecule has 0 amide bonds. The predicted molar refractivity (Wildman–Crippen MR) is 102 cm³/mol. The van der Waals surface area contributed by atoms with Crippen LogP contribution in [0.3, 0.4) is 0 Å². The molecule has 146 valence electrons. The van der Waals surface area contributed by atoms with Crippen molar-refractivity contribution in [2.24, 2.45) is 0 Å². The fourth-order valence-electron chi connectivity index (χ4n) is 3.15. The summed E-state index contributed by atoms with van der Waals surface area (Å²) in [6, 6.07) is 0.508. The maximum atomic E-state index is 10.7. The van der Waals surface area contributed by atoms with Crippen LogP contribution in [0.4, 0.5) is 0 Å². The van der Waals surface area contributed by atoms with Gasteiger partial charge in [0.15, 0.2) is 0 Å². The van der Waals surface area contributed by atoms with Crippen LogP contribution >= 0.6 is 0 Å². The number of hydrogen-bond acceptors (Lipinski definition) is 3. The second-order valence-electron chi connectivity index (χ2n) is 7.94. The highest BCUT2D eigenvalue weighted by Crippen LogP contribution is 2.17. The maximum absolute atomic E-state index is 10.7. The Morgan fingerprint density at radius 2 is 1.29 bits per heavy atom. The van der Waals surface area contributed by atoms with Crippen molar-refractivity contribution in [2.75, 3.05) is 26.4 Å². The van der Waals surface area contributed by atoms with Crippen LogP contribution in [0.25, 0.3) is 0 Å². The van der Waals surface area contributed by atoms with Crippen LogP contribution in [0.1, 0.15) is 90.9 Å². The Labute approximate surface area is 151 Å². The third-order valence-corrected chi connectivity index (χ3v) is 6.09. The molecule has 0 radical (unpaired) electrons. The minimum Gasteiger partial charge on any atom is -0.748 e. The van der Waals surface area contributed by atoms with E-state index >= 15 is 0 Å². The Morgan fingerprint density at radius 1 is 0.833 bits per heavy atom. The first kappa shape index (κ1) is 23.9. The van der Waals surface area contributed by atoms with E-state index in [2.05, 4.69) is 27.9 Å². The molecule has 0 aromatic carbocycles. The first-order valence-corrected chi connectivity index (χ1v) is 11.5. The van der Waals surface area contributed by atoms with Gasteiger partial charge < -0.3 is 9.04 Å². The van der Waals surface area contributed by atoms with Gasteiger partial charge in [-0.25, -0.2) is 8.42 Å². The van der Waals surface area contributed by atoms with E-state index in [4.69, 9.17) is 0 Å². The molecule has 0 aromatic heterocycles. The molecule has 5 heteroatoms. The lowest BCUT2D eigenvalue weighted by molar-refractivity contribution is -0.913. The van der Waals surface area contributed by atoms with E-state index in [0.717, 1.165) is 11.0 Å². The van der Waals surface area contributed by atoms with Crippen molar-refractivity contribution in [1.82, 2.24) is 0 Å². The summed E-state index contributed by atoms with van der Waals surface area (Å²) in [4.78, 5) is 0. The van der Waals surface area contributed by atoms with E-state index < -0.39 is 10.1 Å². The topological polar surface area (TPSA) is 57.2 Å². The lowest BCUT2D eigenvalue weighted by Crippen LogP contribution is -2.48. The van der Waals surface area contributed by atoms with Gasteiger partial charge >= 0.3 is 0 Å². The van der Waals surface area contributed by atoms with Crippen LogP contribution in [-0.2, 0) is 10.1 Å². The summed E-state index contributed by atoms with van der Waals surface area (Å²) >= 11 is 0. The molecular formula is C19H41NO3S. The molecule has 0 rings (SSSR count). The number of hydrogen-bond donors (Lipinski definition) is 0. The molecule has 4 nitrogen and oxygen atoms in total. The fourth-order valence-corrected chi connectivity index (χ4v) is 3.63. The van der Waals surface area contributed by atoms with Crippen molar-refractivity contribution in [3.8, 4) is 0 Å². The van der Waals surface area contributed by atoms with Gasteiger partial charge in [-0.1, -0.05) is 64.7 Å². The van der Waals surface area contributed by atoms with Crippen molar-refractivity contribution in [3.05, 3.63) is 0 Å². The molecule has 0 saturated heterocycles. The number of rotatable bonds is 16. The van der Waals surface area contributed by atoms with Crippen LogP contribution in [0.5, 0.6) is 0 Å². The number of unbranched alkanes of at least 4 members (excludes halogenated alkanes) is 9. The Balaban J connectivity index is 3.64.